The molecule has 2 aromatic rings. The molecule has 0 radical (unpaired) electrons. The zero-order valence-corrected chi connectivity index (χ0v) is 11.1. The van der Waals surface area contributed by atoms with Crippen molar-refractivity contribution in [1.82, 2.24) is 9.78 Å². The number of benzene rings is 1. The van der Waals surface area contributed by atoms with Crippen molar-refractivity contribution in [2.75, 3.05) is 0 Å². The van der Waals surface area contributed by atoms with Gasteiger partial charge in [0.2, 0.25) is 0 Å². The van der Waals surface area contributed by atoms with E-state index in [4.69, 9.17) is 5.73 Å². The zero-order valence-electron chi connectivity index (χ0n) is 9.52. The number of carbonyl (C=O) groups is 1. The number of aromatic nitrogens is 2. The molecule has 0 amide bonds. The standard InChI is InChI=1S/C12H12BrN3O2/c13-9-3-1-8(2-4-9)5-11(17)16-12(18)6-10(7-14)15-16/h1-4,6,15H,5,7,14H2. The number of nitrogens with zero attached hydrogens (tertiary/aromatic N) is 1. The van der Waals surface area contributed by atoms with Crippen molar-refractivity contribution in [2.45, 2.75) is 13.0 Å². The fourth-order valence-electron chi connectivity index (χ4n) is 1.59. The summed E-state index contributed by atoms with van der Waals surface area (Å²) in [6.07, 6.45) is 0.164. The van der Waals surface area contributed by atoms with Crippen LogP contribution in [0, 0.1) is 0 Å². The minimum absolute atomic E-state index is 0.164. The highest BCUT2D eigenvalue weighted by Crippen LogP contribution is 2.11. The Bertz CT molecular complexity index is 613. The van der Waals surface area contributed by atoms with Crippen molar-refractivity contribution >= 4 is 21.8 Å². The Morgan fingerprint density at radius 1 is 1.33 bits per heavy atom. The monoisotopic (exact) mass is 309 g/mol. The summed E-state index contributed by atoms with van der Waals surface area (Å²) in [6.45, 7) is 0.202. The van der Waals surface area contributed by atoms with E-state index in [9.17, 15) is 9.59 Å². The molecule has 0 saturated carbocycles. The molecule has 0 atom stereocenters. The largest absolute Gasteiger partial charge is 0.325 e. The van der Waals surface area contributed by atoms with Gasteiger partial charge in [0.25, 0.3) is 11.5 Å². The molecule has 6 heteroatoms. The molecule has 1 heterocycles. The van der Waals surface area contributed by atoms with Crippen LogP contribution in [0.1, 0.15) is 16.1 Å². The van der Waals surface area contributed by atoms with Gasteiger partial charge in [-0.2, -0.15) is 4.68 Å². The van der Waals surface area contributed by atoms with Crippen LogP contribution in [0.4, 0.5) is 0 Å². The molecule has 0 fully saturated rings. The summed E-state index contributed by atoms with van der Waals surface area (Å²) >= 11 is 3.32. The molecule has 0 bridgehead atoms. The molecule has 94 valence electrons. The summed E-state index contributed by atoms with van der Waals surface area (Å²) in [5.74, 6) is -0.304. The maximum Gasteiger partial charge on any atom is 0.273 e. The minimum atomic E-state index is -0.377. The minimum Gasteiger partial charge on any atom is -0.325 e. The van der Waals surface area contributed by atoms with Gasteiger partial charge < -0.3 is 5.73 Å². The van der Waals surface area contributed by atoms with E-state index in [1.54, 1.807) is 0 Å². The number of nitrogens with one attached hydrogen (secondary N) is 1. The van der Waals surface area contributed by atoms with Gasteiger partial charge in [-0.05, 0) is 17.7 Å². The van der Waals surface area contributed by atoms with Gasteiger partial charge in [0.05, 0.1) is 12.1 Å². The fourth-order valence-corrected chi connectivity index (χ4v) is 1.85. The number of hydrogen-bond donors (Lipinski definition) is 2. The Hall–Kier alpha value is -1.66. The number of rotatable bonds is 3. The van der Waals surface area contributed by atoms with Crippen molar-refractivity contribution in [3.05, 3.63) is 56.4 Å². The molecule has 3 N–H and O–H groups in total. The van der Waals surface area contributed by atoms with Gasteiger partial charge in [-0.15, -0.1) is 0 Å². The Morgan fingerprint density at radius 3 is 2.56 bits per heavy atom. The number of carbonyl (C=O) groups excluding carboxylic acids is 1. The van der Waals surface area contributed by atoms with Crippen LogP contribution in [0.2, 0.25) is 0 Å². The second-order valence-electron chi connectivity index (χ2n) is 3.86. The SMILES string of the molecule is NCc1cc(=O)n(C(=O)Cc2ccc(Br)cc2)[nH]1. The molecular weight excluding hydrogens is 298 g/mol. The Labute approximate surface area is 112 Å². The lowest BCUT2D eigenvalue weighted by Crippen LogP contribution is -2.25. The van der Waals surface area contributed by atoms with Crippen LogP contribution >= 0.6 is 15.9 Å². The molecule has 2 rings (SSSR count). The lowest BCUT2D eigenvalue weighted by Gasteiger charge is -2.02. The van der Waals surface area contributed by atoms with Crippen molar-refractivity contribution in [3.8, 4) is 0 Å². The molecule has 0 aliphatic carbocycles. The zero-order chi connectivity index (χ0) is 13.1. The van der Waals surface area contributed by atoms with Crippen LogP contribution in [-0.4, -0.2) is 15.7 Å². The van der Waals surface area contributed by atoms with Crippen LogP contribution in [0.25, 0.3) is 0 Å². The Kier molecular flexibility index (Phi) is 3.78. The van der Waals surface area contributed by atoms with Gasteiger partial charge in [0.1, 0.15) is 0 Å². The third kappa shape index (κ3) is 2.77. The van der Waals surface area contributed by atoms with Gasteiger partial charge in [-0.25, -0.2) is 0 Å². The van der Waals surface area contributed by atoms with Crippen LogP contribution in [-0.2, 0) is 13.0 Å². The first kappa shape index (κ1) is 12.8. The molecule has 0 spiro atoms. The molecule has 0 aliphatic heterocycles. The number of halogens is 1. The van der Waals surface area contributed by atoms with E-state index in [0.29, 0.717) is 5.69 Å². The lowest BCUT2D eigenvalue weighted by molar-refractivity contribution is 0.0894. The quantitative estimate of drug-likeness (QED) is 0.896. The smallest absolute Gasteiger partial charge is 0.273 e. The summed E-state index contributed by atoms with van der Waals surface area (Å²) in [7, 11) is 0. The third-order valence-corrected chi connectivity index (χ3v) is 3.04. The number of aromatic amines is 1. The van der Waals surface area contributed by atoms with Crippen molar-refractivity contribution in [2.24, 2.45) is 5.73 Å². The number of H-pyrrole nitrogens is 1. The topological polar surface area (TPSA) is 80.9 Å². The van der Waals surface area contributed by atoms with Crippen LogP contribution in [0.15, 0.2) is 39.6 Å². The molecular formula is C12H12BrN3O2. The first-order valence-corrected chi connectivity index (χ1v) is 6.18. The summed E-state index contributed by atoms with van der Waals surface area (Å²) in [5, 5.41) is 2.68. The van der Waals surface area contributed by atoms with Gasteiger partial charge in [-0.3, -0.25) is 14.7 Å². The van der Waals surface area contributed by atoms with Gasteiger partial charge >= 0.3 is 0 Å². The van der Waals surface area contributed by atoms with Crippen molar-refractivity contribution in [1.29, 1.82) is 0 Å². The van der Waals surface area contributed by atoms with Crippen LogP contribution in [0.5, 0.6) is 0 Å². The van der Waals surface area contributed by atoms with E-state index >= 15 is 0 Å². The Morgan fingerprint density at radius 2 is 2.00 bits per heavy atom. The van der Waals surface area contributed by atoms with E-state index in [2.05, 4.69) is 21.0 Å². The lowest BCUT2D eigenvalue weighted by atomic mass is 10.1. The number of hydrogen-bond acceptors (Lipinski definition) is 3. The average molecular weight is 310 g/mol. The molecule has 1 aromatic carbocycles. The average Bonchev–Trinajstić information content (AvgIpc) is 2.73. The van der Waals surface area contributed by atoms with Gasteiger partial charge in [0, 0.05) is 17.1 Å². The molecule has 5 nitrogen and oxygen atoms in total. The highest BCUT2D eigenvalue weighted by molar-refractivity contribution is 9.10. The summed E-state index contributed by atoms with van der Waals surface area (Å²) in [6, 6.07) is 8.70. The van der Waals surface area contributed by atoms with E-state index in [1.165, 1.54) is 6.07 Å². The van der Waals surface area contributed by atoms with E-state index in [0.717, 1.165) is 14.7 Å². The second kappa shape index (κ2) is 5.32. The predicted octanol–water partition coefficient (Wildman–Crippen LogP) is 1.28. The predicted molar refractivity (Wildman–Crippen MR) is 71.4 cm³/mol. The van der Waals surface area contributed by atoms with E-state index < -0.39 is 0 Å². The normalized spacial score (nSPS) is 10.6. The van der Waals surface area contributed by atoms with Crippen LogP contribution in [0.3, 0.4) is 0 Å². The maximum absolute atomic E-state index is 11.9. The molecule has 0 unspecified atom stereocenters. The van der Waals surface area contributed by atoms with Gasteiger partial charge in [0.15, 0.2) is 0 Å². The fraction of sp³-hybridized carbons (Fsp3) is 0.167. The van der Waals surface area contributed by atoms with Gasteiger partial charge in [-0.1, -0.05) is 28.1 Å². The molecule has 18 heavy (non-hydrogen) atoms. The Balaban J connectivity index is 2.19. The third-order valence-electron chi connectivity index (χ3n) is 2.51. The van der Waals surface area contributed by atoms with E-state index in [1.807, 2.05) is 24.3 Å². The van der Waals surface area contributed by atoms with Crippen LogP contribution < -0.4 is 11.3 Å². The number of nitrogens with two attached hydrogens (primary N) is 1. The molecule has 0 aliphatic rings. The highest BCUT2D eigenvalue weighted by Gasteiger charge is 2.10. The van der Waals surface area contributed by atoms with Crippen molar-refractivity contribution < 1.29 is 4.79 Å². The second-order valence-corrected chi connectivity index (χ2v) is 4.77. The highest BCUT2D eigenvalue weighted by atomic mass is 79.9. The molecule has 0 saturated heterocycles. The van der Waals surface area contributed by atoms with Crippen molar-refractivity contribution in [3.63, 3.8) is 0 Å². The maximum atomic E-state index is 11.9. The molecule has 1 aromatic heterocycles. The summed E-state index contributed by atoms with van der Waals surface area (Å²) < 4.78 is 1.94. The first-order valence-electron chi connectivity index (χ1n) is 5.39. The summed E-state index contributed by atoms with van der Waals surface area (Å²) in [4.78, 5) is 23.5. The first-order chi connectivity index (χ1) is 8.60. The summed E-state index contributed by atoms with van der Waals surface area (Å²) in [5.41, 5.74) is 6.42. The van der Waals surface area contributed by atoms with E-state index in [-0.39, 0.29) is 24.4 Å².